The molecular weight excluding hydrogens is 326 g/mol. The minimum atomic E-state index is -0.391. The van der Waals surface area contributed by atoms with Crippen LogP contribution >= 0.6 is 11.3 Å². The summed E-state index contributed by atoms with van der Waals surface area (Å²) in [5.41, 5.74) is 0.236. The van der Waals surface area contributed by atoms with Gasteiger partial charge < -0.3 is 15.1 Å². The van der Waals surface area contributed by atoms with Crippen LogP contribution in [-0.4, -0.2) is 60.2 Å². The Kier molecular flexibility index (Phi) is 5.99. The number of thiophene rings is 1. The van der Waals surface area contributed by atoms with Crippen molar-refractivity contribution in [3.63, 3.8) is 0 Å². The predicted molar refractivity (Wildman–Crippen MR) is 93.9 cm³/mol. The van der Waals surface area contributed by atoms with Crippen molar-refractivity contribution in [1.82, 2.24) is 15.1 Å². The Bertz CT molecular complexity index is 585. The van der Waals surface area contributed by atoms with Gasteiger partial charge in [-0.1, -0.05) is 20.8 Å². The van der Waals surface area contributed by atoms with Gasteiger partial charge in [0, 0.05) is 55.5 Å². The SMILES string of the molecule is CC(C)(C)C(=O)N1CCN(C(=O)CCNC(=O)c2ccsc2)CC1. The number of hydrogen-bond acceptors (Lipinski definition) is 4. The molecule has 6 nitrogen and oxygen atoms in total. The molecule has 2 heterocycles. The third kappa shape index (κ3) is 4.80. The molecule has 1 aromatic heterocycles. The van der Waals surface area contributed by atoms with E-state index in [4.69, 9.17) is 0 Å². The highest BCUT2D eigenvalue weighted by Gasteiger charge is 2.30. The Morgan fingerprint density at radius 1 is 1.12 bits per heavy atom. The first-order chi connectivity index (χ1) is 11.3. The Morgan fingerprint density at radius 3 is 2.29 bits per heavy atom. The zero-order valence-electron chi connectivity index (χ0n) is 14.5. The van der Waals surface area contributed by atoms with Crippen molar-refractivity contribution in [3.8, 4) is 0 Å². The first-order valence-corrected chi connectivity index (χ1v) is 9.11. The fraction of sp³-hybridized carbons (Fsp3) is 0.588. The number of hydrogen-bond donors (Lipinski definition) is 1. The maximum absolute atomic E-state index is 12.2. The van der Waals surface area contributed by atoms with Crippen LogP contribution in [0.1, 0.15) is 37.6 Å². The van der Waals surface area contributed by atoms with Crippen LogP contribution in [0.3, 0.4) is 0 Å². The number of rotatable bonds is 4. The average molecular weight is 351 g/mol. The quantitative estimate of drug-likeness (QED) is 0.895. The summed E-state index contributed by atoms with van der Waals surface area (Å²) in [4.78, 5) is 39.8. The summed E-state index contributed by atoms with van der Waals surface area (Å²) in [5, 5.41) is 6.38. The molecule has 0 atom stereocenters. The summed E-state index contributed by atoms with van der Waals surface area (Å²) in [6.45, 7) is 8.30. The summed E-state index contributed by atoms with van der Waals surface area (Å²) in [7, 11) is 0. The highest BCUT2D eigenvalue weighted by Crippen LogP contribution is 2.18. The summed E-state index contributed by atoms with van der Waals surface area (Å²) in [6.07, 6.45) is 0.281. The minimum absolute atomic E-state index is 0.0171. The lowest BCUT2D eigenvalue weighted by molar-refractivity contribution is -0.144. The monoisotopic (exact) mass is 351 g/mol. The molecule has 1 aromatic rings. The highest BCUT2D eigenvalue weighted by atomic mass is 32.1. The van der Waals surface area contributed by atoms with Crippen molar-refractivity contribution in [2.24, 2.45) is 5.41 Å². The first-order valence-electron chi connectivity index (χ1n) is 8.16. The van der Waals surface area contributed by atoms with Gasteiger partial charge in [0.1, 0.15) is 0 Å². The van der Waals surface area contributed by atoms with Crippen LogP contribution in [0.4, 0.5) is 0 Å². The smallest absolute Gasteiger partial charge is 0.252 e. The normalized spacial score (nSPS) is 15.3. The van der Waals surface area contributed by atoms with Gasteiger partial charge in [-0.15, -0.1) is 0 Å². The van der Waals surface area contributed by atoms with Crippen LogP contribution < -0.4 is 5.32 Å². The van der Waals surface area contributed by atoms with Crippen molar-refractivity contribution in [1.29, 1.82) is 0 Å². The molecule has 0 aliphatic carbocycles. The maximum Gasteiger partial charge on any atom is 0.252 e. The van der Waals surface area contributed by atoms with E-state index in [2.05, 4.69) is 5.32 Å². The van der Waals surface area contributed by atoms with E-state index in [-0.39, 0.29) is 24.1 Å². The van der Waals surface area contributed by atoms with Crippen molar-refractivity contribution in [2.75, 3.05) is 32.7 Å². The molecule has 3 amide bonds. The number of amides is 3. The molecule has 1 N–H and O–H groups in total. The van der Waals surface area contributed by atoms with Gasteiger partial charge in [-0.2, -0.15) is 11.3 Å². The van der Waals surface area contributed by atoms with E-state index in [9.17, 15) is 14.4 Å². The van der Waals surface area contributed by atoms with Crippen molar-refractivity contribution < 1.29 is 14.4 Å². The topological polar surface area (TPSA) is 69.7 Å². The molecule has 0 saturated carbocycles. The van der Waals surface area contributed by atoms with E-state index in [0.29, 0.717) is 38.3 Å². The molecule has 2 rings (SSSR count). The van der Waals surface area contributed by atoms with Gasteiger partial charge in [0.15, 0.2) is 0 Å². The minimum Gasteiger partial charge on any atom is -0.351 e. The van der Waals surface area contributed by atoms with Gasteiger partial charge in [-0.05, 0) is 11.4 Å². The van der Waals surface area contributed by atoms with Gasteiger partial charge >= 0.3 is 0 Å². The van der Waals surface area contributed by atoms with Crippen LogP contribution in [0.15, 0.2) is 16.8 Å². The molecule has 1 aliphatic rings. The highest BCUT2D eigenvalue weighted by molar-refractivity contribution is 7.08. The van der Waals surface area contributed by atoms with E-state index >= 15 is 0 Å². The van der Waals surface area contributed by atoms with Crippen molar-refractivity contribution in [2.45, 2.75) is 27.2 Å². The Morgan fingerprint density at radius 2 is 1.75 bits per heavy atom. The lowest BCUT2D eigenvalue weighted by Gasteiger charge is -2.37. The molecule has 1 saturated heterocycles. The fourth-order valence-electron chi connectivity index (χ4n) is 2.57. The third-order valence-corrected chi connectivity index (χ3v) is 4.65. The molecule has 7 heteroatoms. The standard InChI is InChI=1S/C17H25N3O3S/c1-17(2,3)16(23)20-9-7-19(8-10-20)14(21)4-6-18-15(22)13-5-11-24-12-13/h5,11-12H,4,6-10H2,1-3H3,(H,18,22). The molecule has 0 radical (unpaired) electrons. The second-order valence-corrected chi connectivity index (χ2v) is 7.72. The molecule has 0 bridgehead atoms. The van der Waals surface area contributed by atoms with E-state index in [1.54, 1.807) is 16.3 Å². The summed E-state index contributed by atoms with van der Waals surface area (Å²) >= 11 is 1.47. The van der Waals surface area contributed by atoms with Gasteiger partial charge in [0.05, 0.1) is 0 Å². The molecule has 24 heavy (non-hydrogen) atoms. The molecule has 1 aliphatic heterocycles. The molecular formula is C17H25N3O3S. The van der Waals surface area contributed by atoms with Crippen molar-refractivity contribution >= 4 is 29.1 Å². The number of nitrogens with zero attached hydrogens (tertiary/aromatic N) is 2. The summed E-state index contributed by atoms with van der Waals surface area (Å²) in [6, 6.07) is 1.76. The van der Waals surface area contributed by atoms with Gasteiger partial charge in [-0.25, -0.2) is 0 Å². The molecule has 0 spiro atoms. The van der Waals surface area contributed by atoms with Crippen LogP contribution in [0.25, 0.3) is 0 Å². The van der Waals surface area contributed by atoms with E-state index in [1.807, 2.05) is 31.1 Å². The summed E-state index contributed by atoms with van der Waals surface area (Å²) in [5.74, 6) is -0.00857. The average Bonchev–Trinajstić information content (AvgIpc) is 3.07. The number of carbonyl (C=O) groups is 3. The van der Waals surface area contributed by atoms with Crippen LogP contribution in [0, 0.1) is 5.41 Å². The molecule has 1 fully saturated rings. The number of carbonyl (C=O) groups excluding carboxylic acids is 3. The Balaban J connectivity index is 1.71. The van der Waals surface area contributed by atoms with Gasteiger partial charge in [0.25, 0.3) is 5.91 Å². The second-order valence-electron chi connectivity index (χ2n) is 6.94. The van der Waals surface area contributed by atoms with Crippen LogP contribution in [0.2, 0.25) is 0 Å². The molecule has 0 aromatic carbocycles. The predicted octanol–water partition coefficient (Wildman–Crippen LogP) is 1.58. The number of piperazine rings is 1. The van der Waals surface area contributed by atoms with Crippen molar-refractivity contribution in [3.05, 3.63) is 22.4 Å². The maximum atomic E-state index is 12.2. The third-order valence-electron chi connectivity index (χ3n) is 3.97. The lowest BCUT2D eigenvalue weighted by Crippen LogP contribution is -2.53. The van der Waals surface area contributed by atoms with Gasteiger partial charge in [-0.3, -0.25) is 14.4 Å². The van der Waals surface area contributed by atoms with Crippen LogP contribution in [0.5, 0.6) is 0 Å². The second kappa shape index (κ2) is 7.79. The van der Waals surface area contributed by atoms with E-state index in [0.717, 1.165) is 0 Å². The Labute approximate surface area is 146 Å². The van der Waals surface area contributed by atoms with Gasteiger partial charge in [0.2, 0.25) is 11.8 Å². The Hall–Kier alpha value is -1.89. The zero-order valence-corrected chi connectivity index (χ0v) is 15.3. The van der Waals surface area contributed by atoms with Crippen LogP contribution in [-0.2, 0) is 9.59 Å². The summed E-state index contributed by atoms with van der Waals surface area (Å²) < 4.78 is 0. The fourth-order valence-corrected chi connectivity index (χ4v) is 3.21. The van der Waals surface area contributed by atoms with E-state index < -0.39 is 5.41 Å². The molecule has 0 unspecified atom stereocenters. The number of nitrogens with one attached hydrogen (secondary N) is 1. The largest absolute Gasteiger partial charge is 0.351 e. The zero-order chi connectivity index (χ0) is 17.7. The lowest BCUT2D eigenvalue weighted by atomic mass is 9.94. The first kappa shape index (κ1) is 18.4. The van der Waals surface area contributed by atoms with E-state index in [1.165, 1.54) is 11.3 Å². The molecule has 132 valence electrons.